The third kappa shape index (κ3) is 4.42. The molecule has 1 aromatic rings. The van der Waals surface area contributed by atoms with Crippen molar-refractivity contribution in [3.05, 3.63) is 21.3 Å². The predicted octanol–water partition coefficient (Wildman–Crippen LogP) is 2.44. The molecule has 0 radical (unpaired) electrons. The highest BCUT2D eigenvalue weighted by atomic mass is 35.5. The molecular weight excluding hydrogens is 216 g/mol. The molecule has 0 aliphatic carbocycles. The van der Waals surface area contributed by atoms with Crippen LogP contribution in [0, 0.1) is 0 Å². The van der Waals surface area contributed by atoms with Gasteiger partial charge in [0, 0.05) is 29.9 Å². The first-order valence-corrected chi connectivity index (χ1v) is 6.10. The Morgan fingerprint density at radius 3 is 2.93 bits per heavy atom. The van der Waals surface area contributed by atoms with Gasteiger partial charge >= 0.3 is 0 Å². The molecule has 14 heavy (non-hydrogen) atoms. The molecule has 1 heterocycles. The second-order valence-corrected chi connectivity index (χ2v) is 4.74. The zero-order valence-electron chi connectivity index (χ0n) is 8.72. The van der Waals surface area contributed by atoms with Crippen molar-refractivity contribution in [1.82, 2.24) is 10.2 Å². The maximum Gasteiger partial charge on any atom is 0.0516 e. The number of likely N-dealkylation sites (N-methyl/N-ethyl adjacent to an activating group) is 1. The Labute approximate surface area is 94.9 Å². The molecule has 0 saturated heterocycles. The summed E-state index contributed by atoms with van der Waals surface area (Å²) in [4.78, 5) is 3.59. The van der Waals surface area contributed by atoms with Gasteiger partial charge < -0.3 is 10.2 Å². The Morgan fingerprint density at radius 2 is 2.36 bits per heavy atom. The molecule has 0 aliphatic rings. The van der Waals surface area contributed by atoms with Crippen LogP contribution in [0.25, 0.3) is 0 Å². The molecule has 1 aromatic heterocycles. The molecule has 1 N–H and O–H groups in total. The van der Waals surface area contributed by atoms with E-state index in [0.29, 0.717) is 0 Å². The first kappa shape index (κ1) is 12.0. The first-order valence-electron chi connectivity index (χ1n) is 4.84. The van der Waals surface area contributed by atoms with E-state index in [1.165, 1.54) is 4.88 Å². The molecule has 80 valence electrons. The van der Waals surface area contributed by atoms with Crippen LogP contribution in [0.5, 0.6) is 0 Å². The summed E-state index contributed by atoms with van der Waals surface area (Å²) in [6, 6.07) is 2.02. The van der Waals surface area contributed by atoms with Crippen molar-refractivity contribution >= 4 is 22.9 Å². The molecular formula is C10H17ClN2S. The van der Waals surface area contributed by atoms with Gasteiger partial charge in [-0.25, -0.2) is 0 Å². The summed E-state index contributed by atoms with van der Waals surface area (Å²) in [6.45, 7) is 6.32. The molecule has 0 bridgehead atoms. The van der Waals surface area contributed by atoms with Crippen molar-refractivity contribution in [2.24, 2.45) is 0 Å². The van der Waals surface area contributed by atoms with Crippen LogP contribution in [0.15, 0.2) is 11.4 Å². The number of nitrogens with zero attached hydrogens (tertiary/aromatic N) is 1. The highest BCUT2D eigenvalue weighted by Crippen LogP contribution is 2.18. The summed E-state index contributed by atoms with van der Waals surface area (Å²) in [5.74, 6) is 0. The number of thiophene rings is 1. The third-order valence-electron chi connectivity index (χ3n) is 2.13. The zero-order valence-corrected chi connectivity index (χ0v) is 10.3. The van der Waals surface area contributed by atoms with Crippen molar-refractivity contribution in [3.63, 3.8) is 0 Å². The van der Waals surface area contributed by atoms with Gasteiger partial charge in [-0.1, -0.05) is 18.5 Å². The number of halogens is 1. The maximum absolute atomic E-state index is 5.82. The molecule has 0 aliphatic heterocycles. The SMILES string of the molecule is CCN(C)CCNCc1cc(Cl)cs1. The van der Waals surface area contributed by atoms with Gasteiger partial charge in [-0.15, -0.1) is 11.3 Å². The Hall–Kier alpha value is -0.0900. The largest absolute Gasteiger partial charge is 0.311 e. The van der Waals surface area contributed by atoms with Crippen LogP contribution < -0.4 is 5.32 Å². The minimum absolute atomic E-state index is 0.845. The second kappa shape index (κ2) is 6.40. The fraction of sp³-hybridized carbons (Fsp3) is 0.600. The Morgan fingerprint density at radius 1 is 1.57 bits per heavy atom. The van der Waals surface area contributed by atoms with E-state index in [1.807, 2.05) is 11.4 Å². The van der Waals surface area contributed by atoms with E-state index in [-0.39, 0.29) is 0 Å². The van der Waals surface area contributed by atoms with E-state index >= 15 is 0 Å². The summed E-state index contributed by atoms with van der Waals surface area (Å²) >= 11 is 7.53. The highest BCUT2D eigenvalue weighted by molar-refractivity contribution is 7.10. The van der Waals surface area contributed by atoms with Crippen molar-refractivity contribution in [1.29, 1.82) is 0 Å². The summed E-state index contributed by atoms with van der Waals surface area (Å²) in [5.41, 5.74) is 0. The van der Waals surface area contributed by atoms with Gasteiger partial charge in [0.15, 0.2) is 0 Å². The van der Waals surface area contributed by atoms with Crippen LogP contribution in [-0.2, 0) is 6.54 Å². The molecule has 1 rings (SSSR count). The van der Waals surface area contributed by atoms with Crippen molar-refractivity contribution in [2.75, 3.05) is 26.7 Å². The topological polar surface area (TPSA) is 15.3 Å². The molecule has 0 aromatic carbocycles. The normalized spacial score (nSPS) is 11.1. The lowest BCUT2D eigenvalue weighted by atomic mass is 10.4. The van der Waals surface area contributed by atoms with E-state index in [4.69, 9.17) is 11.6 Å². The van der Waals surface area contributed by atoms with E-state index in [9.17, 15) is 0 Å². The molecule has 0 amide bonds. The minimum Gasteiger partial charge on any atom is -0.311 e. The molecule has 0 saturated carbocycles. The summed E-state index contributed by atoms with van der Waals surface area (Å²) in [5, 5.41) is 6.20. The lowest BCUT2D eigenvalue weighted by Gasteiger charge is -2.13. The fourth-order valence-electron chi connectivity index (χ4n) is 1.09. The number of hydrogen-bond donors (Lipinski definition) is 1. The van der Waals surface area contributed by atoms with E-state index in [0.717, 1.165) is 31.2 Å². The average Bonchev–Trinajstić information content (AvgIpc) is 2.58. The van der Waals surface area contributed by atoms with Crippen LogP contribution in [-0.4, -0.2) is 31.6 Å². The lowest BCUT2D eigenvalue weighted by Crippen LogP contribution is -2.28. The first-order chi connectivity index (χ1) is 6.72. The molecule has 0 spiro atoms. The van der Waals surface area contributed by atoms with Crippen LogP contribution in [0.4, 0.5) is 0 Å². The van der Waals surface area contributed by atoms with Gasteiger partial charge in [-0.05, 0) is 19.7 Å². The van der Waals surface area contributed by atoms with Gasteiger partial charge in [0.05, 0.1) is 5.02 Å². The van der Waals surface area contributed by atoms with Gasteiger partial charge in [0.2, 0.25) is 0 Å². The standard InChI is InChI=1S/C10H17ClN2S/c1-3-13(2)5-4-12-7-10-6-9(11)8-14-10/h6,8,12H,3-5,7H2,1-2H3. The number of rotatable bonds is 6. The molecule has 0 unspecified atom stereocenters. The highest BCUT2D eigenvalue weighted by Gasteiger charge is 1.97. The molecule has 2 nitrogen and oxygen atoms in total. The fourth-order valence-corrected chi connectivity index (χ4v) is 2.13. The second-order valence-electron chi connectivity index (χ2n) is 3.30. The van der Waals surface area contributed by atoms with E-state index in [2.05, 4.69) is 24.2 Å². The van der Waals surface area contributed by atoms with E-state index < -0.39 is 0 Å². The molecule has 0 atom stereocenters. The average molecular weight is 233 g/mol. The van der Waals surface area contributed by atoms with Crippen LogP contribution in [0.2, 0.25) is 5.02 Å². The Balaban J connectivity index is 2.10. The molecule has 4 heteroatoms. The summed E-state index contributed by atoms with van der Waals surface area (Å²) < 4.78 is 0. The van der Waals surface area contributed by atoms with Gasteiger partial charge in [-0.2, -0.15) is 0 Å². The Bertz CT molecular complexity index is 262. The van der Waals surface area contributed by atoms with Gasteiger partial charge in [0.1, 0.15) is 0 Å². The number of hydrogen-bond acceptors (Lipinski definition) is 3. The summed E-state index contributed by atoms with van der Waals surface area (Å²) in [7, 11) is 2.13. The van der Waals surface area contributed by atoms with Crippen molar-refractivity contribution in [3.8, 4) is 0 Å². The van der Waals surface area contributed by atoms with Crippen LogP contribution in [0.1, 0.15) is 11.8 Å². The predicted molar refractivity (Wildman–Crippen MR) is 64.2 cm³/mol. The number of nitrogens with one attached hydrogen (secondary N) is 1. The van der Waals surface area contributed by atoms with Crippen molar-refractivity contribution < 1.29 is 0 Å². The van der Waals surface area contributed by atoms with E-state index in [1.54, 1.807) is 11.3 Å². The van der Waals surface area contributed by atoms with Gasteiger partial charge in [0.25, 0.3) is 0 Å². The quantitative estimate of drug-likeness (QED) is 0.758. The van der Waals surface area contributed by atoms with Crippen LogP contribution in [0.3, 0.4) is 0 Å². The monoisotopic (exact) mass is 232 g/mol. The Kier molecular flexibility index (Phi) is 5.48. The third-order valence-corrected chi connectivity index (χ3v) is 3.42. The summed E-state index contributed by atoms with van der Waals surface area (Å²) in [6.07, 6.45) is 0. The van der Waals surface area contributed by atoms with Crippen LogP contribution >= 0.6 is 22.9 Å². The van der Waals surface area contributed by atoms with Gasteiger partial charge in [-0.3, -0.25) is 0 Å². The lowest BCUT2D eigenvalue weighted by molar-refractivity contribution is 0.349. The minimum atomic E-state index is 0.845. The molecule has 0 fully saturated rings. The van der Waals surface area contributed by atoms with Crippen molar-refractivity contribution in [2.45, 2.75) is 13.5 Å². The smallest absolute Gasteiger partial charge is 0.0516 e. The maximum atomic E-state index is 5.82. The zero-order chi connectivity index (χ0) is 10.4.